The van der Waals surface area contributed by atoms with Gasteiger partial charge in [-0.25, -0.2) is 0 Å². The summed E-state index contributed by atoms with van der Waals surface area (Å²) in [5.74, 6) is 1.94. The first-order valence-corrected chi connectivity index (χ1v) is 6.46. The Bertz CT molecular complexity index is 494. The van der Waals surface area contributed by atoms with Crippen molar-refractivity contribution < 1.29 is 14.4 Å². The number of nitrogens with zero attached hydrogens (tertiary/aromatic N) is 2. The van der Waals surface area contributed by atoms with Crippen LogP contribution >= 0.6 is 0 Å². The zero-order chi connectivity index (χ0) is 13.5. The third-order valence-electron chi connectivity index (χ3n) is 2.73. The highest BCUT2D eigenvalue weighted by molar-refractivity contribution is 5.26. The molecule has 2 rings (SSSR count). The molecule has 2 aromatic rings. The van der Waals surface area contributed by atoms with Crippen LogP contribution in [0.5, 0.6) is 5.75 Å². The molecule has 0 radical (unpaired) electrons. The summed E-state index contributed by atoms with van der Waals surface area (Å²) in [7, 11) is 0. The van der Waals surface area contributed by atoms with E-state index in [1.807, 2.05) is 24.3 Å². The second kappa shape index (κ2) is 6.89. The first-order chi connectivity index (χ1) is 9.31. The Kier molecular flexibility index (Phi) is 4.92. The van der Waals surface area contributed by atoms with Crippen molar-refractivity contribution in [2.75, 3.05) is 0 Å². The first-order valence-electron chi connectivity index (χ1n) is 6.46. The fourth-order valence-electron chi connectivity index (χ4n) is 1.62. The van der Waals surface area contributed by atoms with E-state index in [1.54, 1.807) is 0 Å². The standard InChI is InChI=1S/C14H18N2O3/c1-2-3-4-14-15-13(16-19-14)10-18-12-7-5-11(9-17)6-8-12/h5-8,17H,2-4,9-10H2,1H3. The molecule has 1 aromatic carbocycles. The molecular formula is C14H18N2O3. The lowest BCUT2D eigenvalue weighted by Gasteiger charge is -2.03. The van der Waals surface area contributed by atoms with Crippen molar-refractivity contribution in [3.8, 4) is 5.75 Å². The number of aliphatic hydroxyl groups is 1. The number of aromatic nitrogens is 2. The minimum Gasteiger partial charge on any atom is -0.485 e. The van der Waals surface area contributed by atoms with E-state index < -0.39 is 0 Å². The fraction of sp³-hybridized carbons (Fsp3) is 0.429. The first kappa shape index (κ1) is 13.5. The van der Waals surface area contributed by atoms with Crippen molar-refractivity contribution in [3.63, 3.8) is 0 Å². The highest BCUT2D eigenvalue weighted by Crippen LogP contribution is 2.13. The van der Waals surface area contributed by atoms with E-state index in [0.29, 0.717) is 11.7 Å². The number of unbranched alkanes of at least 4 members (excludes halogenated alkanes) is 1. The van der Waals surface area contributed by atoms with E-state index in [9.17, 15) is 0 Å². The summed E-state index contributed by atoms with van der Waals surface area (Å²) in [6.07, 6.45) is 2.96. The number of benzene rings is 1. The lowest BCUT2D eigenvalue weighted by atomic mass is 10.2. The van der Waals surface area contributed by atoms with Gasteiger partial charge in [0, 0.05) is 6.42 Å². The maximum absolute atomic E-state index is 8.94. The Morgan fingerprint density at radius 3 is 2.74 bits per heavy atom. The maximum atomic E-state index is 8.94. The topological polar surface area (TPSA) is 68.4 Å². The molecule has 1 heterocycles. The lowest BCUT2D eigenvalue weighted by molar-refractivity contribution is 0.278. The zero-order valence-corrected chi connectivity index (χ0v) is 11.0. The smallest absolute Gasteiger partial charge is 0.226 e. The van der Waals surface area contributed by atoms with Gasteiger partial charge in [-0.2, -0.15) is 4.98 Å². The predicted molar refractivity (Wildman–Crippen MR) is 69.6 cm³/mol. The van der Waals surface area contributed by atoms with Gasteiger partial charge in [0.2, 0.25) is 11.7 Å². The molecule has 5 heteroatoms. The summed E-state index contributed by atoms with van der Waals surface area (Å²) >= 11 is 0. The summed E-state index contributed by atoms with van der Waals surface area (Å²) in [5.41, 5.74) is 0.855. The minimum atomic E-state index is 0.0336. The largest absolute Gasteiger partial charge is 0.485 e. The molecule has 1 aromatic heterocycles. The van der Waals surface area contributed by atoms with Crippen LogP contribution in [0.3, 0.4) is 0 Å². The third kappa shape index (κ3) is 4.06. The molecule has 0 spiro atoms. The molecule has 0 bridgehead atoms. The predicted octanol–water partition coefficient (Wildman–Crippen LogP) is 2.48. The Morgan fingerprint density at radius 2 is 2.05 bits per heavy atom. The molecular weight excluding hydrogens is 244 g/mol. The van der Waals surface area contributed by atoms with E-state index in [4.69, 9.17) is 14.4 Å². The Balaban J connectivity index is 1.85. The molecule has 1 N–H and O–H groups in total. The van der Waals surface area contributed by atoms with E-state index in [1.165, 1.54) is 0 Å². The molecule has 0 atom stereocenters. The van der Waals surface area contributed by atoms with E-state index >= 15 is 0 Å². The van der Waals surface area contributed by atoms with Gasteiger partial charge in [-0.1, -0.05) is 30.6 Å². The Labute approximate surface area is 112 Å². The van der Waals surface area contributed by atoms with Crippen LogP contribution in [-0.4, -0.2) is 15.2 Å². The van der Waals surface area contributed by atoms with Crippen LogP contribution in [0.1, 0.15) is 37.0 Å². The van der Waals surface area contributed by atoms with Crippen LogP contribution in [0.25, 0.3) is 0 Å². The van der Waals surface area contributed by atoms with E-state index in [0.717, 1.165) is 30.6 Å². The van der Waals surface area contributed by atoms with Gasteiger partial charge >= 0.3 is 0 Å². The Hall–Kier alpha value is -1.88. The van der Waals surface area contributed by atoms with Crippen LogP contribution in [0.2, 0.25) is 0 Å². The highest BCUT2D eigenvalue weighted by atomic mass is 16.5. The summed E-state index contributed by atoms with van der Waals surface area (Å²) in [4.78, 5) is 4.25. The van der Waals surface area contributed by atoms with Crippen molar-refractivity contribution >= 4 is 0 Å². The van der Waals surface area contributed by atoms with Crippen LogP contribution in [0.4, 0.5) is 0 Å². The molecule has 0 aliphatic heterocycles. The maximum Gasteiger partial charge on any atom is 0.226 e. The number of aryl methyl sites for hydroxylation is 1. The highest BCUT2D eigenvalue weighted by Gasteiger charge is 2.06. The van der Waals surface area contributed by atoms with Crippen molar-refractivity contribution in [3.05, 3.63) is 41.5 Å². The van der Waals surface area contributed by atoms with Gasteiger partial charge in [-0.05, 0) is 24.1 Å². The van der Waals surface area contributed by atoms with Crippen molar-refractivity contribution in [2.45, 2.75) is 39.4 Å². The van der Waals surface area contributed by atoms with Crippen molar-refractivity contribution in [1.82, 2.24) is 10.1 Å². The molecule has 5 nitrogen and oxygen atoms in total. The quantitative estimate of drug-likeness (QED) is 0.830. The molecule has 0 amide bonds. The molecule has 0 aliphatic rings. The van der Waals surface area contributed by atoms with Crippen LogP contribution in [0.15, 0.2) is 28.8 Å². The third-order valence-corrected chi connectivity index (χ3v) is 2.73. The zero-order valence-electron chi connectivity index (χ0n) is 11.0. The van der Waals surface area contributed by atoms with Gasteiger partial charge < -0.3 is 14.4 Å². The Morgan fingerprint density at radius 1 is 1.26 bits per heavy atom. The van der Waals surface area contributed by atoms with Crippen LogP contribution in [0, 0.1) is 0 Å². The van der Waals surface area contributed by atoms with E-state index in [-0.39, 0.29) is 13.2 Å². The number of hydrogen-bond donors (Lipinski definition) is 1. The molecule has 19 heavy (non-hydrogen) atoms. The molecule has 0 saturated heterocycles. The monoisotopic (exact) mass is 262 g/mol. The molecule has 0 unspecified atom stereocenters. The number of rotatable bonds is 7. The summed E-state index contributed by atoms with van der Waals surface area (Å²) in [6, 6.07) is 7.25. The SMILES string of the molecule is CCCCc1nc(COc2ccc(CO)cc2)no1. The lowest BCUT2D eigenvalue weighted by Crippen LogP contribution is -1.98. The van der Waals surface area contributed by atoms with Gasteiger partial charge in [-0.15, -0.1) is 0 Å². The minimum absolute atomic E-state index is 0.0336. The average Bonchev–Trinajstić information content (AvgIpc) is 2.91. The number of ether oxygens (including phenoxy) is 1. The fourth-order valence-corrected chi connectivity index (χ4v) is 1.62. The summed E-state index contributed by atoms with van der Waals surface area (Å²) in [5, 5.41) is 12.8. The summed E-state index contributed by atoms with van der Waals surface area (Å²) < 4.78 is 10.7. The van der Waals surface area contributed by atoms with Gasteiger partial charge in [0.05, 0.1) is 6.61 Å². The van der Waals surface area contributed by atoms with Gasteiger partial charge in [0.15, 0.2) is 6.61 Å². The van der Waals surface area contributed by atoms with Gasteiger partial charge in [0.25, 0.3) is 0 Å². The van der Waals surface area contributed by atoms with E-state index in [2.05, 4.69) is 17.1 Å². The summed E-state index contributed by atoms with van der Waals surface area (Å²) in [6.45, 7) is 2.44. The number of aliphatic hydroxyl groups excluding tert-OH is 1. The van der Waals surface area contributed by atoms with Gasteiger partial charge in [-0.3, -0.25) is 0 Å². The van der Waals surface area contributed by atoms with Gasteiger partial charge in [0.1, 0.15) is 5.75 Å². The molecule has 0 fully saturated rings. The molecule has 0 saturated carbocycles. The van der Waals surface area contributed by atoms with Crippen molar-refractivity contribution in [2.24, 2.45) is 0 Å². The van der Waals surface area contributed by atoms with Crippen LogP contribution in [-0.2, 0) is 19.6 Å². The second-order valence-electron chi connectivity index (χ2n) is 4.30. The number of hydrogen-bond acceptors (Lipinski definition) is 5. The van der Waals surface area contributed by atoms with Crippen molar-refractivity contribution in [1.29, 1.82) is 0 Å². The normalized spacial score (nSPS) is 10.6. The average molecular weight is 262 g/mol. The molecule has 0 aliphatic carbocycles. The van der Waals surface area contributed by atoms with Crippen LogP contribution < -0.4 is 4.74 Å². The second-order valence-corrected chi connectivity index (χ2v) is 4.30. The molecule has 102 valence electrons.